The second kappa shape index (κ2) is 7.62. The molecule has 0 aliphatic rings. The number of benzene rings is 1. The van der Waals surface area contributed by atoms with Gasteiger partial charge in [0.2, 0.25) is 0 Å². The molecule has 5 heteroatoms. The Hall–Kier alpha value is -2.14. The van der Waals surface area contributed by atoms with Gasteiger partial charge in [-0.25, -0.2) is 0 Å². The summed E-state index contributed by atoms with van der Waals surface area (Å²) in [6, 6.07) is 11.6. The summed E-state index contributed by atoms with van der Waals surface area (Å²) in [5.41, 5.74) is 2.01. The van der Waals surface area contributed by atoms with Crippen LogP contribution >= 0.6 is 0 Å². The molecule has 130 valence electrons. The Labute approximate surface area is 144 Å². The van der Waals surface area contributed by atoms with Gasteiger partial charge in [-0.15, -0.1) is 0 Å². The average Bonchev–Trinajstić information content (AvgIpc) is 2.89. The molecule has 0 fully saturated rings. The molecular weight excluding hydrogens is 302 g/mol. The minimum absolute atomic E-state index is 0.128. The van der Waals surface area contributed by atoms with Gasteiger partial charge in [-0.2, -0.15) is 5.10 Å². The van der Waals surface area contributed by atoms with Crippen molar-refractivity contribution in [3.05, 3.63) is 53.3 Å². The van der Waals surface area contributed by atoms with E-state index >= 15 is 0 Å². The molecule has 2 aromatic rings. The van der Waals surface area contributed by atoms with E-state index in [0.717, 1.165) is 23.5 Å². The van der Waals surface area contributed by atoms with Crippen molar-refractivity contribution in [2.24, 2.45) is 5.92 Å². The van der Waals surface area contributed by atoms with Crippen LogP contribution in [0.5, 0.6) is 0 Å². The van der Waals surface area contributed by atoms with Crippen LogP contribution in [-0.4, -0.2) is 29.3 Å². The first kappa shape index (κ1) is 18.2. The Kier molecular flexibility index (Phi) is 5.78. The summed E-state index contributed by atoms with van der Waals surface area (Å²) >= 11 is 0. The fourth-order valence-electron chi connectivity index (χ4n) is 2.75. The molecule has 2 rings (SSSR count). The maximum Gasteiger partial charge on any atom is 0.256 e. The number of aryl methyl sites for hydroxylation is 2. The SMILES string of the molecule is COC(C)(C(=O)NCC(C)Cn1nc(C)cc1C)c1ccccc1. The molecule has 2 atom stereocenters. The molecule has 0 radical (unpaired) electrons. The van der Waals surface area contributed by atoms with Crippen LogP contribution in [0.1, 0.15) is 30.8 Å². The van der Waals surface area contributed by atoms with E-state index in [2.05, 4.69) is 23.4 Å². The van der Waals surface area contributed by atoms with E-state index in [0.29, 0.717) is 6.54 Å². The number of carbonyl (C=O) groups excluding carboxylic acids is 1. The first-order valence-electron chi connectivity index (χ1n) is 8.27. The topological polar surface area (TPSA) is 56.1 Å². The monoisotopic (exact) mass is 329 g/mol. The molecule has 1 N–H and O–H groups in total. The summed E-state index contributed by atoms with van der Waals surface area (Å²) in [5.74, 6) is 0.139. The molecule has 24 heavy (non-hydrogen) atoms. The number of rotatable bonds is 7. The standard InChI is InChI=1S/C19H27N3O2/c1-14(13-22-16(3)11-15(2)21-22)12-20-18(23)19(4,24-5)17-9-7-6-8-10-17/h6-11,14H,12-13H2,1-5H3,(H,20,23). The number of methoxy groups -OCH3 is 1. The molecule has 1 aromatic carbocycles. The number of hydrogen-bond acceptors (Lipinski definition) is 3. The lowest BCUT2D eigenvalue weighted by molar-refractivity contribution is -0.142. The lowest BCUT2D eigenvalue weighted by atomic mass is 9.94. The van der Waals surface area contributed by atoms with Gasteiger partial charge in [0.1, 0.15) is 0 Å². The predicted molar refractivity (Wildman–Crippen MR) is 94.7 cm³/mol. The van der Waals surface area contributed by atoms with E-state index in [4.69, 9.17) is 4.74 Å². The molecule has 5 nitrogen and oxygen atoms in total. The minimum Gasteiger partial charge on any atom is -0.364 e. The summed E-state index contributed by atoms with van der Waals surface area (Å²) in [7, 11) is 1.56. The lowest BCUT2D eigenvalue weighted by Gasteiger charge is -2.28. The van der Waals surface area contributed by atoms with Crippen LogP contribution in [0.3, 0.4) is 0 Å². The molecule has 0 aliphatic heterocycles. The highest BCUT2D eigenvalue weighted by molar-refractivity contribution is 5.86. The molecule has 0 bridgehead atoms. The number of nitrogens with one attached hydrogen (secondary N) is 1. The maximum atomic E-state index is 12.7. The van der Waals surface area contributed by atoms with Crippen molar-refractivity contribution < 1.29 is 9.53 Å². The van der Waals surface area contributed by atoms with Gasteiger partial charge in [0.25, 0.3) is 5.91 Å². The zero-order valence-electron chi connectivity index (χ0n) is 15.2. The van der Waals surface area contributed by atoms with Crippen LogP contribution < -0.4 is 5.32 Å². The number of carbonyl (C=O) groups is 1. The van der Waals surface area contributed by atoms with Gasteiger partial charge in [-0.3, -0.25) is 9.48 Å². The van der Waals surface area contributed by atoms with Crippen molar-refractivity contribution >= 4 is 5.91 Å². The molecule has 0 saturated carbocycles. The van der Waals surface area contributed by atoms with Crippen molar-refractivity contribution in [1.82, 2.24) is 15.1 Å². The van der Waals surface area contributed by atoms with Gasteiger partial charge < -0.3 is 10.1 Å². The van der Waals surface area contributed by atoms with Crippen molar-refractivity contribution in [3.8, 4) is 0 Å². The quantitative estimate of drug-likeness (QED) is 0.850. The van der Waals surface area contributed by atoms with Crippen LogP contribution in [-0.2, 0) is 21.7 Å². The van der Waals surface area contributed by atoms with E-state index in [-0.39, 0.29) is 11.8 Å². The van der Waals surface area contributed by atoms with Crippen LogP contribution in [0.15, 0.2) is 36.4 Å². The van der Waals surface area contributed by atoms with Crippen molar-refractivity contribution in [2.45, 2.75) is 39.8 Å². The summed E-state index contributed by atoms with van der Waals surface area (Å²) in [6.45, 7) is 9.27. The first-order chi connectivity index (χ1) is 11.4. The second-order valence-corrected chi connectivity index (χ2v) is 6.53. The van der Waals surface area contributed by atoms with Crippen molar-refractivity contribution in [2.75, 3.05) is 13.7 Å². The van der Waals surface area contributed by atoms with E-state index in [1.54, 1.807) is 14.0 Å². The Morgan fingerprint density at radius 1 is 1.33 bits per heavy atom. The molecule has 1 amide bonds. The second-order valence-electron chi connectivity index (χ2n) is 6.53. The van der Waals surface area contributed by atoms with Crippen LogP contribution in [0.25, 0.3) is 0 Å². The highest BCUT2D eigenvalue weighted by Gasteiger charge is 2.35. The van der Waals surface area contributed by atoms with E-state index in [1.165, 1.54) is 0 Å². The molecular formula is C19H27N3O2. The van der Waals surface area contributed by atoms with Gasteiger partial charge >= 0.3 is 0 Å². The van der Waals surface area contributed by atoms with E-state index < -0.39 is 5.60 Å². The third-order valence-electron chi connectivity index (χ3n) is 4.37. The number of ether oxygens (including phenoxy) is 1. The third-order valence-corrected chi connectivity index (χ3v) is 4.37. The summed E-state index contributed by atoms with van der Waals surface area (Å²) in [4.78, 5) is 12.7. The normalized spacial score (nSPS) is 14.9. The zero-order valence-corrected chi connectivity index (χ0v) is 15.2. The average molecular weight is 329 g/mol. The number of hydrogen-bond donors (Lipinski definition) is 1. The molecule has 1 aromatic heterocycles. The van der Waals surface area contributed by atoms with Crippen LogP contribution in [0.4, 0.5) is 0 Å². The highest BCUT2D eigenvalue weighted by atomic mass is 16.5. The van der Waals surface area contributed by atoms with Gasteiger partial charge in [0.05, 0.1) is 5.69 Å². The van der Waals surface area contributed by atoms with Gasteiger partial charge in [0, 0.05) is 25.9 Å². The Balaban J connectivity index is 1.97. The van der Waals surface area contributed by atoms with Gasteiger partial charge in [-0.1, -0.05) is 37.3 Å². The largest absolute Gasteiger partial charge is 0.364 e. The fourth-order valence-corrected chi connectivity index (χ4v) is 2.75. The first-order valence-corrected chi connectivity index (χ1v) is 8.27. The fraction of sp³-hybridized carbons (Fsp3) is 0.474. The Morgan fingerprint density at radius 3 is 2.54 bits per heavy atom. The van der Waals surface area contributed by atoms with Crippen molar-refractivity contribution in [1.29, 1.82) is 0 Å². The van der Waals surface area contributed by atoms with E-state index in [1.807, 2.05) is 48.9 Å². The van der Waals surface area contributed by atoms with Crippen LogP contribution in [0.2, 0.25) is 0 Å². The summed E-state index contributed by atoms with van der Waals surface area (Å²) in [5, 5.41) is 7.48. The molecule has 0 spiro atoms. The smallest absolute Gasteiger partial charge is 0.256 e. The maximum absolute atomic E-state index is 12.7. The predicted octanol–water partition coefficient (Wildman–Crippen LogP) is 2.81. The van der Waals surface area contributed by atoms with Gasteiger partial charge in [-0.05, 0) is 38.3 Å². The minimum atomic E-state index is -0.987. The molecule has 0 aliphatic carbocycles. The number of amides is 1. The highest BCUT2D eigenvalue weighted by Crippen LogP contribution is 2.24. The number of aromatic nitrogens is 2. The van der Waals surface area contributed by atoms with Crippen LogP contribution in [0, 0.1) is 19.8 Å². The Morgan fingerprint density at radius 2 is 2.00 bits per heavy atom. The summed E-state index contributed by atoms with van der Waals surface area (Å²) < 4.78 is 7.51. The Bertz CT molecular complexity index is 681. The third kappa shape index (κ3) is 4.03. The summed E-state index contributed by atoms with van der Waals surface area (Å²) in [6.07, 6.45) is 0. The van der Waals surface area contributed by atoms with Gasteiger partial charge in [0.15, 0.2) is 5.60 Å². The lowest BCUT2D eigenvalue weighted by Crippen LogP contribution is -2.45. The molecule has 1 heterocycles. The van der Waals surface area contributed by atoms with E-state index in [9.17, 15) is 4.79 Å². The number of nitrogens with zero attached hydrogens (tertiary/aromatic N) is 2. The van der Waals surface area contributed by atoms with Crippen molar-refractivity contribution in [3.63, 3.8) is 0 Å². The zero-order chi connectivity index (χ0) is 17.7. The molecule has 2 unspecified atom stereocenters. The molecule has 0 saturated heterocycles.